The Morgan fingerprint density at radius 3 is 2.44 bits per heavy atom. The summed E-state index contributed by atoms with van der Waals surface area (Å²) in [7, 11) is 0. The smallest absolute Gasteiger partial charge is 0.221 e. The number of hydrogen-bond donors (Lipinski definition) is 2. The minimum Gasteiger partial charge on any atom is -0.368 e. The molecule has 2 N–H and O–H groups in total. The van der Waals surface area contributed by atoms with E-state index in [2.05, 4.69) is 63.5 Å². The fourth-order valence-electron chi connectivity index (χ4n) is 2.86. The van der Waals surface area contributed by atoms with Crippen molar-refractivity contribution in [2.75, 3.05) is 50.7 Å². The number of amides is 1. The number of nitrogens with one attached hydrogen (secondary N) is 2. The lowest BCUT2D eigenvalue weighted by Crippen LogP contribution is -2.52. The number of rotatable bonds is 7. The molecular formula is C19H31N5O. The molecule has 1 aliphatic heterocycles. The zero-order valence-electron chi connectivity index (χ0n) is 15.5. The van der Waals surface area contributed by atoms with Gasteiger partial charge in [0.05, 0.1) is 6.54 Å². The average Bonchev–Trinajstić information content (AvgIpc) is 2.66. The van der Waals surface area contributed by atoms with Crippen LogP contribution in [0, 0.1) is 0 Å². The molecule has 25 heavy (non-hydrogen) atoms. The molecule has 1 fully saturated rings. The number of hydrogen-bond acceptors (Lipinski definition) is 3. The van der Waals surface area contributed by atoms with Crippen LogP contribution in [0.2, 0.25) is 0 Å². The summed E-state index contributed by atoms with van der Waals surface area (Å²) in [5.41, 5.74) is 1.27. The maximum absolute atomic E-state index is 11.7. The van der Waals surface area contributed by atoms with Crippen LogP contribution in [-0.2, 0) is 4.79 Å². The van der Waals surface area contributed by atoms with E-state index in [1.165, 1.54) is 5.69 Å². The van der Waals surface area contributed by atoms with E-state index in [-0.39, 0.29) is 5.91 Å². The van der Waals surface area contributed by atoms with Gasteiger partial charge in [0.1, 0.15) is 0 Å². The van der Waals surface area contributed by atoms with Crippen molar-refractivity contribution < 1.29 is 4.79 Å². The molecule has 0 saturated carbocycles. The molecule has 1 amide bonds. The molecule has 1 aromatic rings. The molecule has 6 heteroatoms. The molecule has 138 valence electrons. The molecule has 0 bridgehead atoms. The fraction of sp³-hybridized carbons (Fsp3) is 0.579. The van der Waals surface area contributed by atoms with E-state index >= 15 is 0 Å². The van der Waals surface area contributed by atoms with Crippen molar-refractivity contribution in [3.05, 3.63) is 30.3 Å². The first-order valence-electron chi connectivity index (χ1n) is 9.34. The Labute approximate surface area is 151 Å². The number of carbonyl (C=O) groups is 1. The molecule has 6 nitrogen and oxygen atoms in total. The van der Waals surface area contributed by atoms with Crippen LogP contribution < -0.4 is 15.5 Å². The standard InChI is InChI=1S/C19H31N5O/c1-3-11-21-18(25)10-12-22-19(20-4-2)24-15-13-23(14-16-24)17-8-6-5-7-9-17/h5-9H,3-4,10-16H2,1-2H3,(H,20,22)(H,21,25). The second-order valence-corrected chi connectivity index (χ2v) is 6.15. The molecule has 0 unspecified atom stereocenters. The lowest BCUT2D eigenvalue weighted by atomic mass is 10.2. The van der Waals surface area contributed by atoms with Gasteiger partial charge in [-0.25, -0.2) is 0 Å². The second kappa shape index (κ2) is 10.6. The van der Waals surface area contributed by atoms with Gasteiger partial charge in [0.25, 0.3) is 0 Å². The summed E-state index contributed by atoms with van der Waals surface area (Å²) in [4.78, 5) is 21.0. The first-order valence-corrected chi connectivity index (χ1v) is 9.34. The van der Waals surface area contributed by atoms with E-state index in [1.807, 2.05) is 6.07 Å². The van der Waals surface area contributed by atoms with E-state index in [0.29, 0.717) is 13.0 Å². The van der Waals surface area contributed by atoms with Crippen LogP contribution >= 0.6 is 0 Å². The average molecular weight is 345 g/mol. The topological polar surface area (TPSA) is 60.0 Å². The second-order valence-electron chi connectivity index (χ2n) is 6.15. The van der Waals surface area contributed by atoms with Crippen molar-refractivity contribution in [3.8, 4) is 0 Å². The van der Waals surface area contributed by atoms with Gasteiger partial charge >= 0.3 is 0 Å². The van der Waals surface area contributed by atoms with Gasteiger partial charge in [-0.1, -0.05) is 25.1 Å². The van der Waals surface area contributed by atoms with Crippen molar-refractivity contribution in [2.24, 2.45) is 4.99 Å². The molecule has 0 radical (unpaired) electrons. The van der Waals surface area contributed by atoms with Gasteiger partial charge in [0.2, 0.25) is 5.91 Å². The Bertz CT molecular complexity index is 538. The van der Waals surface area contributed by atoms with Gasteiger partial charge < -0.3 is 20.4 Å². The molecule has 0 aliphatic carbocycles. The monoisotopic (exact) mass is 345 g/mol. The zero-order valence-corrected chi connectivity index (χ0v) is 15.5. The van der Waals surface area contributed by atoms with E-state index < -0.39 is 0 Å². The van der Waals surface area contributed by atoms with Gasteiger partial charge in [-0.2, -0.15) is 0 Å². The highest BCUT2D eigenvalue weighted by Gasteiger charge is 2.19. The highest BCUT2D eigenvalue weighted by molar-refractivity contribution is 5.81. The first-order chi connectivity index (χ1) is 12.2. The molecule has 1 heterocycles. The maximum Gasteiger partial charge on any atom is 0.221 e. The summed E-state index contributed by atoms with van der Waals surface area (Å²) in [6, 6.07) is 10.5. The van der Waals surface area contributed by atoms with E-state index in [4.69, 9.17) is 0 Å². The molecule has 1 aromatic carbocycles. The van der Waals surface area contributed by atoms with Crippen molar-refractivity contribution in [1.29, 1.82) is 0 Å². The lowest BCUT2D eigenvalue weighted by Gasteiger charge is -2.37. The maximum atomic E-state index is 11.7. The van der Waals surface area contributed by atoms with Crippen LogP contribution in [0.15, 0.2) is 35.3 Å². The summed E-state index contributed by atoms with van der Waals surface area (Å²) in [6.45, 7) is 10.0. The molecule has 2 rings (SSSR count). The molecule has 1 saturated heterocycles. The van der Waals surface area contributed by atoms with E-state index in [1.54, 1.807) is 0 Å². The van der Waals surface area contributed by atoms with Gasteiger partial charge in [0.15, 0.2) is 5.96 Å². The van der Waals surface area contributed by atoms with Crippen molar-refractivity contribution in [1.82, 2.24) is 15.5 Å². The predicted octanol–water partition coefficient (Wildman–Crippen LogP) is 1.69. The van der Waals surface area contributed by atoms with Crippen LogP contribution in [0.5, 0.6) is 0 Å². The highest BCUT2D eigenvalue weighted by Crippen LogP contribution is 2.15. The van der Waals surface area contributed by atoms with Crippen LogP contribution in [0.25, 0.3) is 0 Å². The first kappa shape index (κ1) is 19.1. The summed E-state index contributed by atoms with van der Waals surface area (Å²) < 4.78 is 0. The third kappa shape index (κ3) is 6.29. The summed E-state index contributed by atoms with van der Waals surface area (Å²) >= 11 is 0. The van der Waals surface area contributed by atoms with Gasteiger partial charge in [-0.3, -0.25) is 9.79 Å². The zero-order chi connectivity index (χ0) is 17.9. The number of carbonyl (C=O) groups excluding carboxylic acids is 1. The predicted molar refractivity (Wildman–Crippen MR) is 104 cm³/mol. The van der Waals surface area contributed by atoms with Gasteiger partial charge in [-0.05, 0) is 25.5 Å². The lowest BCUT2D eigenvalue weighted by molar-refractivity contribution is -0.120. The number of aliphatic imine (C=N–C) groups is 1. The van der Waals surface area contributed by atoms with Crippen LogP contribution in [-0.4, -0.2) is 62.6 Å². The molecule has 0 atom stereocenters. The Kier molecular flexibility index (Phi) is 8.09. The molecule has 0 aromatic heterocycles. The highest BCUT2D eigenvalue weighted by atomic mass is 16.1. The molecule has 0 spiro atoms. The normalized spacial score (nSPS) is 15.2. The number of nitrogens with zero attached hydrogens (tertiary/aromatic N) is 3. The number of para-hydroxylation sites is 1. The van der Waals surface area contributed by atoms with Crippen molar-refractivity contribution in [3.63, 3.8) is 0 Å². The van der Waals surface area contributed by atoms with Crippen LogP contribution in [0.4, 0.5) is 5.69 Å². The summed E-state index contributed by atoms with van der Waals surface area (Å²) in [6.07, 6.45) is 1.40. The van der Waals surface area contributed by atoms with Crippen molar-refractivity contribution in [2.45, 2.75) is 26.7 Å². The number of piperazine rings is 1. The summed E-state index contributed by atoms with van der Waals surface area (Å²) in [5.74, 6) is 0.994. The Morgan fingerprint density at radius 2 is 1.80 bits per heavy atom. The Morgan fingerprint density at radius 1 is 1.08 bits per heavy atom. The Balaban J connectivity index is 1.84. The van der Waals surface area contributed by atoms with E-state index in [0.717, 1.165) is 51.6 Å². The quantitative estimate of drug-likeness (QED) is 0.583. The number of guanidine groups is 1. The number of anilines is 1. The number of benzene rings is 1. The van der Waals surface area contributed by atoms with Crippen LogP contribution in [0.1, 0.15) is 26.7 Å². The fourth-order valence-corrected chi connectivity index (χ4v) is 2.86. The van der Waals surface area contributed by atoms with Gasteiger partial charge in [-0.15, -0.1) is 0 Å². The molecule has 1 aliphatic rings. The van der Waals surface area contributed by atoms with Crippen LogP contribution in [0.3, 0.4) is 0 Å². The minimum atomic E-state index is 0.0790. The van der Waals surface area contributed by atoms with Gasteiger partial charge in [0, 0.05) is 51.4 Å². The van der Waals surface area contributed by atoms with Crippen molar-refractivity contribution >= 4 is 17.6 Å². The third-order valence-electron chi connectivity index (χ3n) is 4.21. The molecular weight excluding hydrogens is 314 g/mol. The summed E-state index contributed by atoms with van der Waals surface area (Å²) in [5, 5.41) is 6.24. The minimum absolute atomic E-state index is 0.0790. The largest absolute Gasteiger partial charge is 0.368 e. The third-order valence-corrected chi connectivity index (χ3v) is 4.21. The Hall–Kier alpha value is -2.24. The van der Waals surface area contributed by atoms with E-state index in [9.17, 15) is 4.79 Å². The SMILES string of the molecule is CCCNC(=O)CCN=C(NCC)N1CCN(c2ccccc2)CC1.